The fourth-order valence-electron chi connectivity index (χ4n) is 1.61. The summed E-state index contributed by atoms with van der Waals surface area (Å²) in [6.45, 7) is 5.00. The number of nitrogens with zero attached hydrogens (tertiary/aromatic N) is 2. The molecule has 2 N–H and O–H groups in total. The number of methoxy groups -OCH3 is 1. The van der Waals surface area contributed by atoms with Crippen LogP contribution >= 0.6 is 0 Å². The van der Waals surface area contributed by atoms with Crippen molar-refractivity contribution in [2.45, 2.75) is 26.3 Å². The molecule has 0 amide bonds. The van der Waals surface area contributed by atoms with Crippen molar-refractivity contribution >= 4 is 5.69 Å². The molecule has 0 aliphatic carbocycles. The summed E-state index contributed by atoms with van der Waals surface area (Å²) in [7, 11) is 1.61. The monoisotopic (exact) mass is 237 g/mol. The number of nitriles is 1. The summed E-state index contributed by atoms with van der Waals surface area (Å²) in [6, 6.07) is 3.96. The first-order valence-corrected chi connectivity index (χ1v) is 5.68. The van der Waals surface area contributed by atoms with Crippen molar-refractivity contribution in [3.05, 3.63) is 11.8 Å². The van der Waals surface area contributed by atoms with Gasteiger partial charge in [0.1, 0.15) is 18.4 Å². The zero-order valence-corrected chi connectivity index (χ0v) is 10.6. The van der Waals surface area contributed by atoms with Crippen molar-refractivity contribution in [3.8, 4) is 11.9 Å². The lowest BCUT2D eigenvalue weighted by atomic mass is 10.2. The Labute approximate surface area is 102 Å². The summed E-state index contributed by atoms with van der Waals surface area (Å²) >= 11 is 0. The largest absolute Gasteiger partial charge is 0.475 e. The lowest BCUT2D eigenvalue weighted by molar-refractivity contribution is 0.140. The number of nitrogen functional groups attached to an aromatic ring is 1. The quantitative estimate of drug-likeness (QED) is 0.767. The molecule has 1 atom stereocenters. The molecule has 0 bridgehead atoms. The molecule has 0 aliphatic rings. The van der Waals surface area contributed by atoms with Crippen LogP contribution in [0.5, 0.6) is 5.88 Å². The molecule has 5 heteroatoms. The maximum atomic E-state index is 9.07. The lowest BCUT2D eigenvalue weighted by Crippen LogP contribution is -2.13. The molecule has 1 aromatic rings. The van der Waals surface area contributed by atoms with Gasteiger partial charge in [-0.1, -0.05) is 6.92 Å². The van der Waals surface area contributed by atoms with Gasteiger partial charge in [-0.15, -0.1) is 0 Å². The van der Waals surface area contributed by atoms with E-state index < -0.39 is 0 Å². The zero-order valence-electron chi connectivity index (χ0n) is 10.6. The molecule has 0 radical (unpaired) electrons. The van der Waals surface area contributed by atoms with Crippen LogP contribution in [0.25, 0.3) is 0 Å². The summed E-state index contributed by atoms with van der Waals surface area (Å²) in [4.78, 5) is 0. The maximum absolute atomic E-state index is 9.07. The minimum absolute atomic E-state index is 0.180. The fourth-order valence-corrected chi connectivity index (χ4v) is 1.61. The fraction of sp³-hybridized carbons (Fsp3) is 0.583. The average molecular weight is 237 g/mol. The van der Waals surface area contributed by atoms with Gasteiger partial charge in [0.05, 0.1) is 12.3 Å². The average Bonchev–Trinajstić information content (AvgIpc) is 2.65. The molecule has 0 fully saturated rings. The van der Waals surface area contributed by atoms with Crippen LogP contribution in [0.15, 0.2) is 6.07 Å². The molecule has 0 aliphatic heterocycles. The predicted octanol–water partition coefficient (Wildman–Crippen LogP) is 1.94. The first-order chi connectivity index (χ1) is 8.15. The van der Waals surface area contributed by atoms with Gasteiger partial charge in [0.25, 0.3) is 0 Å². The number of anilines is 1. The van der Waals surface area contributed by atoms with Gasteiger partial charge in [-0.2, -0.15) is 5.26 Å². The normalized spacial score (nSPS) is 12.1. The van der Waals surface area contributed by atoms with Crippen LogP contribution in [0.2, 0.25) is 0 Å². The molecule has 0 saturated carbocycles. The van der Waals surface area contributed by atoms with Gasteiger partial charge < -0.3 is 15.2 Å². The summed E-state index contributed by atoms with van der Waals surface area (Å²) in [5, 5.41) is 9.07. The summed E-state index contributed by atoms with van der Waals surface area (Å²) in [5.74, 6) is 0.563. The molecule has 1 heterocycles. The van der Waals surface area contributed by atoms with Crippen LogP contribution < -0.4 is 10.5 Å². The van der Waals surface area contributed by atoms with Gasteiger partial charge in [-0.05, 0) is 13.3 Å². The summed E-state index contributed by atoms with van der Waals surface area (Å²) < 4.78 is 12.3. The second-order valence-electron chi connectivity index (χ2n) is 3.87. The van der Waals surface area contributed by atoms with E-state index in [1.807, 2.05) is 11.5 Å². The maximum Gasteiger partial charge on any atom is 0.218 e. The number of aromatic nitrogens is 1. The summed E-state index contributed by atoms with van der Waals surface area (Å²) in [6.07, 6.45) is 0.906. The molecule has 1 rings (SSSR count). The van der Waals surface area contributed by atoms with Crippen molar-refractivity contribution in [2.24, 2.45) is 0 Å². The topological polar surface area (TPSA) is 73.2 Å². The van der Waals surface area contributed by atoms with Crippen LogP contribution in [-0.4, -0.2) is 24.9 Å². The van der Waals surface area contributed by atoms with E-state index in [1.165, 1.54) is 0 Å². The van der Waals surface area contributed by atoms with Crippen LogP contribution in [-0.2, 0) is 4.74 Å². The minimum atomic E-state index is 0.180. The minimum Gasteiger partial charge on any atom is -0.475 e. The molecule has 1 aromatic heterocycles. The van der Waals surface area contributed by atoms with Crippen molar-refractivity contribution in [1.29, 1.82) is 5.26 Å². The number of nitrogens with two attached hydrogens (primary N) is 1. The highest BCUT2D eigenvalue weighted by Gasteiger charge is 2.18. The smallest absolute Gasteiger partial charge is 0.218 e. The Morgan fingerprint density at radius 2 is 2.24 bits per heavy atom. The van der Waals surface area contributed by atoms with Crippen LogP contribution in [0.1, 0.15) is 32.0 Å². The Kier molecular flexibility index (Phi) is 4.85. The zero-order chi connectivity index (χ0) is 12.8. The third-order valence-corrected chi connectivity index (χ3v) is 2.69. The second kappa shape index (κ2) is 6.16. The number of rotatable bonds is 6. The number of hydrogen-bond donors (Lipinski definition) is 1. The first kappa shape index (κ1) is 13.4. The second-order valence-corrected chi connectivity index (χ2v) is 3.87. The molecule has 0 aromatic carbocycles. The van der Waals surface area contributed by atoms with Crippen molar-refractivity contribution in [1.82, 2.24) is 4.57 Å². The van der Waals surface area contributed by atoms with Crippen LogP contribution in [0, 0.1) is 11.3 Å². The van der Waals surface area contributed by atoms with Gasteiger partial charge in [-0.3, -0.25) is 4.57 Å². The van der Waals surface area contributed by atoms with E-state index in [-0.39, 0.29) is 6.04 Å². The van der Waals surface area contributed by atoms with E-state index in [2.05, 4.69) is 13.0 Å². The molecule has 0 unspecified atom stereocenters. The molecule has 0 saturated heterocycles. The lowest BCUT2D eigenvalue weighted by Gasteiger charge is -2.17. The van der Waals surface area contributed by atoms with Crippen molar-refractivity contribution in [3.63, 3.8) is 0 Å². The SMILES string of the molecule is CC[C@H](C)n1c(C#N)cc(N)c1OCCOC. The Balaban J connectivity index is 3.01. The molecule has 17 heavy (non-hydrogen) atoms. The predicted molar refractivity (Wildman–Crippen MR) is 65.9 cm³/mol. The molecule has 94 valence electrons. The molecular formula is C12H19N3O2. The molecular weight excluding hydrogens is 218 g/mol. The summed E-state index contributed by atoms with van der Waals surface area (Å²) in [5.41, 5.74) is 6.88. The number of hydrogen-bond acceptors (Lipinski definition) is 4. The Morgan fingerprint density at radius 1 is 1.53 bits per heavy atom. The van der Waals surface area contributed by atoms with Gasteiger partial charge >= 0.3 is 0 Å². The van der Waals surface area contributed by atoms with E-state index >= 15 is 0 Å². The van der Waals surface area contributed by atoms with E-state index in [9.17, 15) is 0 Å². The van der Waals surface area contributed by atoms with E-state index in [0.717, 1.165) is 6.42 Å². The third kappa shape index (κ3) is 2.92. The molecule has 5 nitrogen and oxygen atoms in total. The van der Waals surface area contributed by atoms with Crippen LogP contribution in [0.3, 0.4) is 0 Å². The Hall–Kier alpha value is -1.67. The van der Waals surface area contributed by atoms with Gasteiger partial charge in [-0.25, -0.2) is 0 Å². The standard InChI is InChI=1S/C12H19N3O2/c1-4-9(2)15-10(8-13)7-11(14)12(15)17-6-5-16-3/h7,9H,4-6,14H2,1-3H3/t9-/m0/s1. The highest BCUT2D eigenvalue weighted by Crippen LogP contribution is 2.31. The highest BCUT2D eigenvalue weighted by molar-refractivity contribution is 5.55. The number of ether oxygens (including phenoxy) is 2. The van der Waals surface area contributed by atoms with Crippen LogP contribution in [0.4, 0.5) is 5.69 Å². The van der Waals surface area contributed by atoms with E-state index in [1.54, 1.807) is 13.2 Å². The van der Waals surface area contributed by atoms with Gasteiger partial charge in [0, 0.05) is 19.2 Å². The van der Waals surface area contributed by atoms with E-state index in [4.69, 9.17) is 20.5 Å². The van der Waals surface area contributed by atoms with Gasteiger partial charge in [0.2, 0.25) is 5.88 Å². The third-order valence-electron chi connectivity index (χ3n) is 2.69. The van der Waals surface area contributed by atoms with Crippen molar-refractivity contribution in [2.75, 3.05) is 26.1 Å². The molecule has 0 spiro atoms. The van der Waals surface area contributed by atoms with Gasteiger partial charge in [0.15, 0.2) is 0 Å². The van der Waals surface area contributed by atoms with E-state index in [0.29, 0.717) is 30.5 Å². The Bertz CT molecular complexity index is 407. The highest BCUT2D eigenvalue weighted by atomic mass is 16.5. The Morgan fingerprint density at radius 3 is 2.76 bits per heavy atom. The first-order valence-electron chi connectivity index (χ1n) is 5.68. The van der Waals surface area contributed by atoms with Crippen molar-refractivity contribution < 1.29 is 9.47 Å².